The second-order valence-corrected chi connectivity index (χ2v) is 35.8. The van der Waals surface area contributed by atoms with Gasteiger partial charge in [0.2, 0.25) is 0 Å². The topological polar surface area (TPSA) is 98.4 Å². The first kappa shape index (κ1) is 92.9. The molecular formula is C118H140N8O4+4. The number of ether oxygens (including phenoxy) is 4. The molecule has 0 amide bonds. The van der Waals surface area contributed by atoms with Crippen LogP contribution in [0.5, 0.6) is 46.0 Å². The number of aryl methyl sites for hydroxylation is 4. The highest BCUT2D eigenvalue weighted by Gasteiger charge is 2.79. The lowest BCUT2D eigenvalue weighted by Gasteiger charge is -2.38. The van der Waals surface area contributed by atoms with Crippen molar-refractivity contribution in [3.63, 3.8) is 0 Å². The van der Waals surface area contributed by atoms with Gasteiger partial charge in [0.05, 0.1) is 22.3 Å². The highest BCUT2D eigenvalue weighted by atomic mass is 16.5. The molecule has 0 saturated carbocycles. The molecule has 0 saturated heterocycles. The van der Waals surface area contributed by atoms with E-state index >= 15 is 0 Å². The van der Waals surface area contributed by atoms with Crippen LogP contribution in [0.1, 0.15) is 333 Å². The highest BCUT2D eigenvalue weighted by Crippen LogP contribution is 2.52. The highest BCUT2D eigenvalue weighted by molar-refractivity contribution is 6.31. The fourth-order valence-corrected chi connectivity index (χ4v) is 19.2. The monoisotopic (exact) mass is 1730 g/mol. The van der Waals surface area contributed by atoms with E-state index in [9.17, 15) is 0 Å². The number of allylic oxidation sites excluding steroid dienone is 16. The molecule has 16 rings (SSSR count). The van der Waals surface area contributed by atoms with E-state index in [1.807, 2.05) is 0 Å². The normalized spacial score (nSPS) is 15.8. The molecule has 8 aliphatic heterocycles. The number of hydrogen-bond acceptors (Lipinski definition) is 8. The van der Waals surface area contributed by atoms with E-state index in [0.717, 1.165) is 208 Å². The zero-order valence-electron chi connectivity index (χ0n) is 77.4. The van der Waals surface area contributed by atoms with Gasteiger partial charge in [-0.25, -0.2) is 0 Å². The summed E-state index contributed by atoms with van der Waals surface area (Å²) in [5.41, 5.74) is 12.0. The zero-order valence-corrected chi connectivity index (χ0v) is 77.4. The molecule has 0 aromatic heterocycles. The minimum atomic E-state index is -1.43. The van der Waals surface area contributed by atoms with Crippen molar-refractivity contribution in [1.82, 2.24) is 0 Å². The molecule has 8 aliphatic rings. The van der Waals surface area contributed by atoms with E-state index < -0.39 is 5.91 Å². The minimum Gasteiger partial charge on any atom is -0.456 e. The lowest BCUT2D eigenvalue weighted by molar-refractivity contribution is -1.06. The van der Waals surface area contributed by atoms with Gasteiger partial charge in [-0.3, -0.25) is 0 Å². The Balaban J connectivity index is 0.0000130. The Labute approximate surface area is 776 Å². The number of benzene rings is 8. The Morgan fingerprint density at radius 3 is 0.785 bits per heavy atom. The fraction of sp³-hybridized carbons (Fsp3) is 0.390. The van der Waals surface area contributed by atoms with Crippen LogP contribution in [0.15, 0.2) is 287 Å². The van der Waals surface area contributed by atoms with E-state index in [4.69, 9.17) is 38.9 Å². The van der Waals surface area contributed by atoms with Crippen LogP contribution in [-0.4, -0.2) is 70.9 Å². The molecule has 0 N–H and O–H groups in total. The molecule has 8 aromatic rings. The molecule has 1 atom stereocenters. The maximum absolute atomic E-state index is 7.42. The summed E-state index contributed by atoms with van der Waals surface area (Å²) in [5.74, 6) is 10.0. The third-order valence-electron chi connectivity index (χ3n) is 25.8. The molecule has 12 nitrogen and oxygen atoms in total. The lowest BCUT2D eigenvalue weighted by Crippen LogP contribution is -2.76. The average molecular weight is 1730 g/mol. The summed E-state index contributed by atoms with van der Waals surface area (Å²) in [7, 11) is 0. The second kappa shape index (κ2) is 47.7. The van der Waals surface area contributed by atoms with Crippen molar-refractivity contribution in [2.24, 2.45) is 20.0 Å². The van der Waals surface area contributed by atoms with Gasteiger partial charge in [0.1, 0.15) is 68.2 Å². The van der Waals surface area contributed by atoms with Crippen LogP contribution >= 0.6 is 0 Å². The van der Waals surface area contributed by atoms with Crippen molar-refractivity contribution in [2.75, 3.05) is 0 Å². The largest absolute Gasteiger partial charge is 0.491 e. The molecule has 0 radical (unpaired) electrons. The van der Waals surface area contributed by atoms with E-state index in [1.165, 1.54) is 151 Å². The number of unbranched alkanes of at least 4 members (excludes halogenated alkanes) is 24. The summed E-state index contributed by atoms with van der Waals surface area (Å²) in [6, 6.07) is 60.5. The average Bonchev–Trinajstić information content (AvgIpc) is 1.45. The van der Waals surface area contributed by atoms with Crippen LogP contribution in [0.3, 0.4) is 0 Å². The predicted octanol–water partition coefficient (Wildman–Crippen LogP) is 31.1. The molecule has 8 aromatic carbocycles. The molecule has 0 bridgehead atoms. The summed E-state index contributed by atoms with van der Waals surface area (Å²) in [5, 5.41) is 0. The van der Waals surface area contributed by atoms with Crippen LogP contribution in [0.4, 0.5) is 0 Å². The van der Waals surface area contributed by atoms with Gasteiger partial charge in [-0.1, -0.05) is 328 Å². The number of amidine groups is 8. The Morgan fingerprint density at radius 2 is 0.477 bits per heavy atom. The van der Waals surface area contributed by atoms with Gasteiger partial charge in [0.15, 0.2) is 0 Å². The Bertz CT molecular complexity index is 5800. The molecule has 1 spiro atoms. The van der Waals surface area contributed by atoms with Gasteiger partial charge < -0.3 is 18.9 Å². The first-order valence-electron chi connectivity index (χ1n) is 49.8. The van der Waals surface area contributed by atoms with Crippen molar-refractivity contribution in [2.45, 2.75) is 298 Å². The zero-order chi connectivity index (χ0) is 88.0. The first-order valence-corrected chi connectivity index (χ1v) is 49.8. The van der Waals surface area contributed by atoms with Crippen molar-refractivity contribution < 1.29 is 37.2 Å². The van der Waals surface area contributed by atoms with Gasteiger partial charge in [0, 0.05) is 0 Å². The van der Waals surface area contributed by atoms with Crippen molar-refractivity contribution >= 4 is 46.7 Å². The fourth-order valence-electron chi connectivity index (χ4n) is 19.2. The standard InChI is InChI=1S/C117H136N8O4.CH4/c1-5-9-13-17-21-25-29-33-37-41-45-49-53-65-89-69-57-73-93(85-89)126-101-81-61-77-97-105(101)113-119-111-99-79-63-83-103(128-95-75-59-71-91(87-95)67-55-51-47-43-39-35-31-27-23-19-15-11-7-3)107(99)115-121-116-108-100(80-64-84-104(108)129-96-76-60-72-92(88-96)68-56-52-48-44-40-36-32-28-24-20-16-12-8-4)112-120-114-106-98(110-118-109(97)122(113)117(123(110)114,124(111)115)125(112)116)78-62-82-102(106)127-94-74-58-70-90(86-94)66-54-50-46-42-38-34-30-26-22-18-14-10-6-2;/h13-20,25-32,57-64,69-88H,5-12,21-24,33-56,65-68H2,1-4H3;1H4/q+4;/b17-13+,18-14+,19-15+,20-16+,29-25+,30-26+,31-27+,32-28+;. The molecule has 8 heterocycles. The number of fused-ring (bicyclic) bond motifs is 12. The Kier molecular flexibility index (Phi) is 34.1. The SMILES string of the molecule is C.CCC/C=C/C/C=C/CCCCCCCc1cccc(Oc2cccc3c2C2=NC4=[N+]5C(=NC6=[N+]7C(=NC8=[N+]9C(=NC3=[N+]2C597)c2cccc(Oc3cccc(CCCCCCC/C=C/C/C=C/CCC)c3)c28)c2cccc(Oc3cccc(CCCCCCC/C=C/C/C=C/CCC)c3)c26)c2c(Oc3cccc(CCCCCCC/C=C/C/C=C/CCC)c3)cccc24)c1. The number of rotatable bonds is 56. The first-order chi connectivity index (χ1) is 63.9. The third-order valence-corrected chi connectivity index (χ3v) is 25.8. The molecule has 0 fully saturated rings. The van der Waals surface area contributed by atoms with E-state index in [2.05, 4.69) is 313 Å². The minimum absolute atomic E-state index is 0. The Morgan fingerprint density at radius 1 is 0.238 bits per heavy atom. The van der Waals surface area contributed by atoms with Crippen LogP contribution in [-0.2, 0) is 25.7 Å². The molecule has 12 heteroatoms. The summed E-state index contributed by atoms with van der Waals surface area (Å²) in [6.45, 7) is 8.93. The molecular weight excluding hydrogens is 1590 g/mol. The maximum Gasteiger partial charge on any atom is 0.491 e. The predicted molar refractivity (Wildman–Crippen MR) is 542 cm³/mol. The summed E-state index contributed by atoms with van der Waals surface area (Å²) in [4.78, 5) is 24.2. The van der Waals surface area contributed by atoms with E-state index in [-0.39, 0.29) is 7.43 Å². The Hall–Kier alpha value is -11.8. The van der Waals surface area contributed by atoms with Crippen molar-refractivity contribution in [1.29, 1.82) is 0 Å². The van der Waals surface area contributed by atoms with Crippen LogP contribution in [0.2, 0.25) is 0 Å². The number of aliphatic imine (C=N–C) groups is 4. The third kappa shape index (κ3) is 22.1. The lowest BCUT2D eigenvalue weighted by atomic mass is 10.0. The van der Waals surface area contributed by atoms with Crippen LogP contribution < -0.4 is 18.9 Å². The van der Waals surface area contributed by atoms with E-state index in [1.54, 1.807) is 0 Å². The van der Waals surface area contributed by atoms with Gasteiger partial charge in [-0.2, -0.15) is 0 Å². The van der Waals surface area contributed by atoms with Crippen LogP contribution in [0.25, 0.3) is 0 Å². The number of nitrogens with zero attached hydrogens (tertiary/aromatic N) is 8. The van der Waals surface area contributed by atoms with Crippen LogP contribution in [0, 0.1) is 0 Å². The summed E-state index contributed by atoms with van der Waals surface area (Å²) >= 11 is 0. The smallest absolute Gasteiger partial charge is 0.456 e. The van der Waals surface area contributed by atoms with Gasteiger partial charge >= 0.3 is 5.91 Å². The van der Waals surface area contributed by atoms with Gasteiger partial charge in [0.25, 0.3) is 46.7 Å². The molecule has 1 unspecified atom stereocenters. The van der Waals surface area contributed by atoms with Gasteiger partial charge in [-0.15, -0.1) is 18.3 Å². The second-order valence-electron chi connectivity index (χ2n) is 35.8. The van der Waals surface area contributed by atoms with Crippen molar-refractivity contribution in [3.05, 3.63) is 334 Å². The number of hydrogen-bond donors (Lipinski definition) is 0. The quantitative estimate of drug-likeness (QED) is 0.0215. The van der Waals surface area contributed by atoms with Gasteiger partial charge in [-0.05, 0) is 273 Å². The van der Waals surface area contributed by atoms with Crippen molar-refractivity contribution in [3.8, 4) is 46.0 Å². The summed E-state index contributed by atoms with van der Waals surface area (Å²) < 4.78 is 39.0. The molecule has 672 valence electrons. The maximum atomic E-state index is 7.42. The molecule has 0 aliphatic carbocycles. The summed E-state index contributed by atoms with van der Waals surface area (Å²) in [6.07, 6.45) is 83.1. The molecule has 130 heavy (non-hydrogen) atoms. The van der Waals surface area contributed by atoms with E-state index in [0.29, 0.717) is 58.0 Å².